The van der Waals surface area contributed by atoms with Gasteiger partial charge in [0.15, 0.2) is 0 Å². The van der Waals surface area contributed by atoms with Gasteiger partial charge in [0.25, 0.3) is 0 Å². The van der Waals surface area contributed by atoms with E-state index in [0.717, 1.165) is 37.1 Å². The summed E-state index contributed by atoms with van der Waals surface area (Å²) in [6.07, 6.45) is 0.730. The van der Waals surface area contributed by atoms with Crippen molar-refractivity contribution < 1.29 is 29.3 Å². The highest BCUT2D eigenvalue weighted by Crippen LogP contribution is 2.13. The van der Waals surface area contributed by atoms with E-state index in [0.29, 0.717) is 65.2 Å². The number of rotatable bonds is 25. The van der Waals surface area contributed by atoms with Crippen molar-refractivity contribution in [3.63, 3.8) is 0 Å². The Balaban J connectivity index is 1.27. The number of benzene rings is 4. The summed E-state index contributed by atoms with van der Waals surface area (Å²) in [7, 11) is 0. The molecule has 4 aromatic rings. The molecule has 0 aromatic heterocycles. The number of aliphatic hydroxyl groups is 2. The topological polar surface area (TPSA) is 106 Å². The van der Waals surface area contributed by atoms with Gasteiger partial charge in [-0.25, -0.2) is 9.59 Å². The van der Waals surface area contributed by atoms with Crippen LogP contribution in [0.1, 0.15) is 61.8 Å². The Morgan fingerprint density at radius 1 is 0.500 bits per heavy atom. The molecule has 0 aliphatic heterocycles. The van der Waals surface area contributed by atoms with Gasteiger partial charge in [-0.15, -0.1) is 0 Å². The minimum absolute atomic E-state index is 0.217. The molecular formula is C46H62N4O6. The third-order valence-electron chi connectivity index (χ3n) is 9.79. The van der Waals surface area contributed by atoms with Crippen molar-refractivity contribution in [1.29, 1.82) is 0 Å². The molecule has 0 spiro atoms. The fourth-order valence-electron chi connectivity index (χ4n) is 6.59. The van der Waals surface area contributed by atoms with E-state index in [1.807, 2.05) is 111 Å². The van der Waals surface area contributed by atoms with Gasteiger partial charge in [0.2, 0.25) is 0 Å². The van der Waals surface area contributed by atoms with Crippen molar-refractivity contribution in [3.8, 4) is 0 Å². The molecule has 0 fully saturated rings. The average Bonchev–Trinajstić information content (AvgIpc) is 3.22. The standard InChI is InChI=1S/C46H62N4O6/c1-3-49(45(53)55-37-41-23-13-7-14-24-41)31-27-43(51)35-47(33-39-19-9-5-10-20-39)29-17-18-30-48(34-40-21-11-6-12-22-40)36-44(52)28-32-50(4-2)46(54)56-38-42-25-15-8-16-26-42/h5-16,19-26,43-44,51-52H,3-4,17-18,27-38H2,1-2H3/t43-,44-/m0/s1. The van der Waals surface area contributed by atoms with Gasteiger partial charge in [-0.1, -0.05) is 121 Å². The van der Waals surface area contributed by atoms with Crippen LogP contribution in [0.15, 0.2) is 121 Å². The van der Waals surface area contributed by atoms with Crippen LogP contribution in [0.25, 0.3) is 0 Å². The van der Waals surface area contributed by atoms with Crippen molar-refractivity contribution in [3.05, 3.63) is 144 Å². The van der Waals surface area contributed by atoms with Crippen LogP contribution in [0.3, 0.4) is 0 Å². The number of carbonyl (C=O) groups is 2. The minimum Gasteiger partial charge on any atom is -0.445 e. The van der Waals surface area contributed by atoms with E-state index in [4.69, 9.17) is 9.47 Å². The van der Waals surface area contributed by atoms with E-state index < -0.39 is 12.2 Å². The third-order valence-corrected chi connectivity index (χ3v) is 9.79. The summed E-state index contributed by atoms with van der Waals surface area (Å²) < 4.78 is 11.1. The molecule has 302 valence electrons. The van der Waals surface area contributed by atoms with Crippen LogP contribution in [-0.4, -0.2) is 107 Å². The van der Waals surface area contributed by atoms with E-state index in [1.165, 1.54) is 11.1 Å². The van der Waals surface area contributed by atoms with Crippen molar-refractivity contribution in [2.75, 3.05) is 52.4 Å². The fourth-order valence-corrected chi connectivity index (χ4v) is 6.59. The third kappa shape index (κ3) is 17.0. The summed E-state index contributed by atoms with van der Waals surface area (Å²) in [6.45, 7) is 10.1. The van der Waals surface area contributed by atoms with Gasteiger partial charge in [0, 0.05) is 52.4 Å². The molecule has 4 aromatic carbocycles. The SMILES string of the molecule is CCN(CC[C@H](O)CN(CCCCN(Cc1ccccc1)C[C@@H](O)CCN(CC)C(=O)OCc1ccccc1)Cc1ccccc1)C(=O)OCc1ccccc1. The number of carbonyl (C=O) groups excluding carboxylic acids is 2. The van der Waals surface area contributed by atoms with Gasteiger partial charge in [-0.2, -0.15) is 0 Å². The second-order valence-corrected chi connectivity index (χ2v) is 14.3. The molecule has 0 radical (unpaired) electrons. The number of hydrogen-bond donors (Lipinski definition) is 2. The molecule has 0 bridgehead atoms. The lowest BCUT2D eigenvalue weighted by molar-refractivity contribution is 0.0699. The van der Waals surface area contributed by atoms with Gasteiger partial charge in [0.05, 0.1) is 12.2 Å². The van der Waals surface area contributed by atoms with E-state index in [2.05, 4.69) is 34.1 Å². The maximum atomic E-state index is 12.8. The Bertz CT molecular complexity index is 1510. The van der Waals surface area contributed by atoms with Crippen molar-refractivity contribution >= 4 is 12.2 Å². The second kappa shape index (κ2) is 25.4. The maximum absolute atomic E-state index is 12.8. The Labute approximate surface area is 334 Å². The van der Waals surface area contributed by atoms with Gasteiger partial charge in [-0.3, -0.25) is 9.80 Å². The fraction of sp³-hybridized carbons (Fsp3) is 0.435. The number of ether oxygens (including phenoxy) is 2. The number of aliphatic hydroxyl groups excluding tert-OH is 2. The van der Waals surface area contributed by atoms with Gasteiger partial charge in [-0.05, 0) is 74.9 Å². The highest BCUT2D eigenvalue weighted by atomic mass is 16.6. The lowest BCUT2D eigenvalue weighted by Gasteiger charge is -2.29. The highest BCUT2D eigenvalue weighted by Gasteiger charge is 2.20. The first kappa shape index (κ1) is 44.0. The van der Waals surface area contributed by atoms with Crippen LogP contribution in [0, 0.1) is 0 Å². The normalized spacial score (nSPS) is 12.3. The van der Waals surface area contributed by atoms with Crippen LogP contribution in [-0.2, 0) is 35.8 Å². The van der Waals surface area contributed by atoms with Crippen molar-refractivity contribution in [2.45, 2.75) is 78.0 Å². The highest BCUT2D eigenvalue weighted by molar-refractivity contribution is 5.68. The smallest absolute Gasteiger partial charge is 0.410 e. The molecule has 4 rings (SSSR count). The predicted octanol–water partition coefficient (Wildman–Crippen LogP) is 7.59. The molecule has 2 N–H and O–H groups in total. The van der Waals surface area contributed by atoms with E-state index >= 15 is 0 Å². The minimum atomic E-state index is -0.613. The molecule has 56 heavy (non-hydrogen) atoms. The van der Waals surface area contributed by atoms with Crippen LogP contribution in [0.5, 0.6) is 0 Å². The van der Waals surface area contributed by atoms with Crippen LogP contribution in [0.4, 0.5) is 9.59 Å². The summed E-state index contributed by atoms with van der Waals surface area (Å²) in [5.41, 5.74) is 4.23. The quantitative estimate of drug-likeness (QED) is 0.0666. The first-order valence-electron chi connectivity index (χ1n) is 20.1. The molecule has 0 heterocycles. The summed E-state index contributed by atoms with van der Waals surface area (Å²) in [5.74, 6) is 0. The summed E-state index contributed by atoms with van der Waals surface area (Å²) in [6, 6.07) is 39.8. The Morgan fingerprint density at radius 2 is 0.821 bits per heavy atom. The molecule has 2 atom stereocenters. The zero-order valence-corrected chi connectivity index (χ0v) is 33.3. The van der Waals surface area contributed by atoms with E-state index in [9.17, 15) is 19.8 Å². The van der Waals surface area contributed by atoms with Gasteiger partial charge < -0.3 is 29.5 Å². The zero-order chi connectivity index (χ0) is 39.8. The van der Waals surface area contributed by atoms with E-state index in [-0.39, 0.29) is 25.4 Å². The Kier molecular flexibility index (Phi) is 20.0. The Morgan fingerprint density at radius 3 is 1.14 bits per heavy atom. The van der Waals surface area contributed by atoms with Crippen molar-refractivity contribution in [1.82, 2.24) is 19.6 Å². The second-order valence-electron chi connectivity index (χ2n) is 14.3. The zero-order valence-electron chi connectivity index (χ0n) is 33.3. The number of nitrogens with zero attached hydrogens (tertiary/aromatic N) is 4. The lowest BCUT2D eigenvalue weighted by atomic mass is 10.1. The predicted molar refractivity (Wildman–Crippen MR) is 222 cm³/mol. The maximum Gasteiger partial charge on any atom is 0.410 e. The van der Waals surface area contributed by atoms with Gasteiger partial charge in [0.1, 0.15) is 13.2 Å². The van der Waals surface area contributed by atoms with Crippen molar-refractivity contribution in [2.24, 2.45) is 0 Å². The van der Waals surface area contributed by atoms with Crippen LogP contribution < -0.4 is 0 Å². The first-order valence-corrected chi connectivity index (χ1v) is 20.1. The summed E-state index contributed by atoms with van der Waals surface area (Å²) >= 11 is 0. The molecule has 0 saturated carbocycles. The molecular weight excluding hydrogens is 705 g/mol. The van der Waals surface area contributed by atoms with Crippen LogP contribution in [0.2, 0.25) is 0 Å². The number of amides is 2. The first-order chi connectivity index (χ1) is 27.3. The molecule has 10 nitrogen and oxygen atoms in total. The average molecular weight is 767 g/mol. The van der Waals surface area contributed by atoms with Crippen LogP contribution >= 0.6 is 0 Å². The largest absolute Gasteiger partial charge is 0.445 e. The summed E-state index contributed by atoms with van der Waals surface area (Å²) in [5, 5.41) is 22.3. The Hall–Kier alpha value is -4.74. The summed E-state index contributed by atoms with van der Waals surface area (Å²) in [4.78, 5) is 33.4. The monoisotopic (exact) mass is 766 g/mol. The lowest BCUT2D eigenvalue weighted by Crippen LogP contribution is -2.38. The molecule has 0 aliphatic rings. The molecule has 0 aliphatic carbocycles. The van der Waals surface area contributed by atoms with Gasteiger partial charge >= 0.3 is 12.2 Å². The molecule has 2 amide bonds. The molecule has 0 unspecified atom stereocenters. The number of unbranched alkanes of at least 4 members (excludes halogenated alkanes) is 1. The molecule has 0 saturated heterocycles. The molecule has 10 heteroatoms. The number of hydrogen-bond acceptors (Lipinski definition) is 8. The van der Waals surface area contributed by atoms with E-state index in [1.54, 1.807) is 9.80 Å².